The summed E-state index contributed by atoms with van der Waals surface area (Å²) in [7, 11) is 0. The molecule has 0 aromatic heterocycles. The van der Waals surface area contributed by atoms with Crippen molar-refractivity contribution in [3.8, 4) is 0 Å². The van der Waals surface area contributed by atoms with Gasteiger partial charge < -0.3 is 4.90 Å². The number of rotatable bonds is 0. The lowest BCUT2D eigenvalue weighted by atomic mass is 10.1. The van der Waals surface area contributed by atoms with Crippen LogP contribution in [-0.4, -0.2) is 34.4 Å². The molecule has 2 rings (SSSR count). The first-order chi connectivity index (χ1) is 6.31. The van der Waals surface area contributed by atoms with Gasteiger partial charge in [0.05, 0.1) is 18.3 Å². The molecule has 66 valence electrons. The van der Waals surface area contributed by atoms with Gasteiger partial charge in [0.15, 0.2) is 5.94 Å². The first kappa shape index (κ1) is 8.43. The molecule has 0 aromatic carbocycles. The molecule has 2 heterocycles. The lowest BCUT2D eigenvalue weighted by molar-refractivity contribution is -0.141. The summed E-state index contributed by atoms with van der Waals surface area (Å²) in [6.07, 6.45) is 0.658. The summed E-state index contributed by atoms with van der Waals surface area (Å²) in [5, 5.41) is 0.360. The molecule has 2 aliphatic heterocycles. The summed E-state index contributed by atoms with van der Waals surface area (Å²) in [6.45, 7) is 0.602. The maximum atomic E-state index is 11.1. The summed E-state index contributed by atoms with van der Waals surface area (Å²) in [5.41, 5.74) is 5.90. The van der Waals surface area contributed by atoms with Gasteiger partial charge in [-0.05, 0) is 0 Å². The average Bonchev–Trinajstić information content (AvgIpc) is 2.14. The van der Waals surface area contributed by atoms with Gasteiger partial charge in [-0.25, -0.2) is 4.79 Å². The lowest BCUT2D eigenvalue weighted by Crippen LogP contribution is -2.53. The van der Waals surface area contributed by atoms with E-state index in [1.165, 1.54) is 5.94 Å². The molecule has 13 heavy (non-hydrogen) atoms. The lowest BCUT2D eigenvalue weighted by Gasteiger charge is -2.43. The Kier molecular flexibility index (Phi) is 2.13. The van der Waals surface area contributed by atoms with E-state index in [4.69, 9.17) is 0 Å². The number of thioether (sulfide) groups is 1. The van der Waals surface area contributed by atoms with E-state index >= 15 is 0 Å². The maximum Gasteiger partial charge on any atom is 0.226 e. The van der Waals surface area contributed by atoms with E-state index in [0.29, 0.717) is 18.3 Å². The SMILES string of the molecule is O=C=C=C=C1CS[C@@H]2CC(=O)N2C1. The summed E-state index contributed by atoms with van der Waals surface area (Å²) in [5.74, 6) is 2.55. The molecule has 2 saturated heterocycles. The van der Waals surface area contributed by atoms with Crippen molar-refractivity contribution in [3.63, 3.8) is 0 Å². The van der Waals surface area contributed by atoms with Crippen molar-refractivity contribution in [1.29, 1.82) is 0 Å². The van der Waals surface area contributed by atoms with E-state index in [1.807, 2.05) is 0 Å². The fraction of sp³-hybridized carbons (Fsp3) is 0.444. The van der Waals surface area contributed by atoms with Crippen LogP contribution in [0.1, 0.15) is 6.42 Å². The molecule has 1 amide bonds. The Morgan fingerprint density at radius 1 is 1.54 bits per heavy atom. The van der Waals surface area contributed by atoms with Crippen molar-refractivity contribution in [2.24, 2.45) is 0 Å². The van der Waals surface area contributed by atoms with E-state index in [1.54, 1.807) is 16.7 Å². The largest absolute Gasteiger partial charge is 0.325 e. The van der Waals surface area contributed by atoms with Crippen LogP contribution < -0.4 is 0 Å². The molecular formula is C9H7NO2S. The van der Waals surface area contributed by atoms with Crippen LogP contribution in [0.25, 0.3) is 0 Å². The number of β-lactam (4-membered cyclic amide) rings is 1. The van der Waals surface area contributed by atoms with E-state index in [-0.39, 0.29) is 5.91 Å². The van der Waals surface area contributed by atoms with Gasteiger partial charge in [0.2, 0.25) is 5.91 Å². The van der Waals surface area contributed by atoms with Crippen molar-refractivity contribution < 1.29 is 9.59 Å². The van der Waals surface area contributed by atoms with E-state index in [2.05, 4.69) is 11.5 Å². The van der Waals surface area contributed by atoms with Gasteiger partial charge in [0.1, 0.15) is 0 Å². The Morgan fingerprint density at radius 2 is 2.38 bits per heavy atom. The molecule has 0 unspecified atom stereocenters. The van der Waals surface area contributed by atoms with Crippen molar-refractivity contribution in [3.05, 3.63) is 17.0 Å². The molecule has 1 atom stereocenters. The van der Waals surface area contributed by atoms with Gasteiger partial charge in [-0.1, -0.05) is 5.73 Å². The van der Waals surface area contributed by atoms with Crippen LogP contribution in [0.2, 0.25) is 0 Å². The van der Waals surface area contributed by atoms with Gasteiger partial charge >= 0.3 is 0 Å². The molecule has 0 aliphatic carbocycles. The Morgan fingerprint density at radius 3 is 3.08 bits per heavy atom. The molecular weight excluding hydrogens is 186 g/mol. The smallest absolute Gasteiger partial charge is 0.226 e. The van der Waals surface area contributed by atoms with E-state index in [0.717, 1.165) is 11.3 Å². The topological polar surface area (TPSA) is 37.4 Å². The van der Waals surface area contributed by atoms with Crippen LogP contribution in [-0.2, 0) is 9.59 Å². The van der Waals surface area contributed by atoms with Gasteiger partial charge in [-0.15, -0.1) is 11.8 Å². The third-order valence-electron chi connectivity index (χ3n) is 2.12. The molecule has 0 N–H and O–H groups in total. The highest BCUT2D eigenvalue weighted by molar-refractivity contribution is 8.00. The molecule has 0 bridgehead atoms. The predicted molar refractivity (Wildman–Crippen MR) is 48.8 cm³/mol. The minimum absolute atomic E-state index is 0.187. The monoisotopic (exact) mass is 193 g/mol. The van der Waals surface area contributed by atoms with E-state index in [9.17, 15) is 9.59 Å². The molecule has 0 aromatic rings. The van der Waals surface area contributed by atoms with Crippen molar-refractivity contribution >= 4 is 23.6 Å². The number of fused-ring (bicyclic) bond motifs is 1. The van der Waals surface area contributed by atoms with Crippen LogP contribution in [0.15, 0.2) is 17.0 Å². The second kappa shape index (κ2) is 3.29. The highest BCUT2D eigenvalue weighted by Crippen LogP contribution is 2.35. The Labute approximate surface area is 79.8 Å². The standard InChI is InChI=1S/C9H7NO2S/c11-3-1-2-7-5-10-8(12)4-9(10)13-6-7/h9H,4-6H2/t9-/m1/s1. The third kappa shape index (κ3) is 1.49. The number of hydrogen-bond acceptors (Lipinski definition) is 3. The molecule has 2 fully saturated rings. The van der Waals surface area contributed by atoms with Crippen molar-refractivity contribution in [2.75, 3.05) is 12.3 Å². The zero-order chi connectivity index (χ0) is 9.26. The number of amides is 1. The Hall–Kier alpha value is -1.17. The number of hydrogen-bond donors (Lipinski definition) is 0. The van der Waals surface area contributed by atoms with Crippen molar-refractivity contribution in [2.45, 2.75) is 11.8 Å². The van der Waals surface area contributed by atoms with Crippen LogP contribution in [0.3, 0.4) is 0 Å². The van der Waals surface area contributed by atoms with Crippen LogP contribution in [0.4, 0.5) is 0 Å². The molecule has 0 radical (unpaired) electrons. The fourth-order valence-corrected chi connectivity index (χ4v) is 2.59. The first-order valence-electron chi connectivity index (χ1n) is 3.95. The normalized spacial score (nSPS) is 25.2. The zero-order valence-electron chi connectivity index (χ0n) is 6.87. The molecule has 0 saturated carbocycles. The number of nitrogens with zero attached hydrogens (tertiary/aromatic N) is 1. The molecule has 3 nitrogen and oxygen atoms in total. The Bertz CT molecular complexity index is 371. The summed E-state index contributed by atoms with van der Waals surface area (Å²) < 4.78 is 0. The highest BCUT2D eigenvalue weighted by atomic mass is 32.2. The molecule has 0 spiro atoms. The molecule has 2 aliphatic rings. The number of carbonyl (C=O) groups excluding carboxylic acids is 2. The van der Waals surface area contributed by atoms with Crippen LogP contribution >= 0.6 is 11.8 Å². The van der Waals surface area contributed by atoms with Crippen LogP contribution in [0.5, 0.6) is 0 Å². The predicted octanol–water partition coefficient (Wildman–Crippen LogP) is 0.360. The minimum Gasteiger partial charge on any atom is -0.325 e. The second-order valence-electron chi connectivity index (χ2n) is 2.95. The van der Waals surface area contributed by atoms with E-state index < -0.39 is 0 Å². The summed E-state index contributed by atoms with van der Waals surface area (Å²) in [4.78, 5) is 22.7. The summed E-state index contributed by atoms with van der Waals surface area (Å²) >= 11 is 1.71. The highest BCUT2D eigenvalue weighted by Gasteiger charge is 2.39. The van der Waals surface area contributed by atoms with Gasteiger partial charge in [-0.2, -0.15) is 0 Å². The zero-order valence-corrected chi connectivity index (χ0v) is 7.69. The van der Waals surface area contributed by atoms with Crippen molar-refractivity contribution in [1.82, 2.24) is 4.90 Å². The Balaban J connectivity index is 2.17. The quantitative estimate of drug-likeness (QED) is 0.317. The molecule has 4 heteroatoms. The second-order valence-corrected chi connectivity index (χ2v) is 4.11. The minimum atomic E-state index is 0.187. The van der Waals surface area contributed by atoms with Gasteiger partial charge in [0, 0.05) is 17.1 Å². The average molecular weight is 193 g/mol. The van der Waals surface area contributed by atoms with Crippen LogP contribution in [0, 0.1) is 0 Å². The maximum absolute atomic E-state index is 11.1. The number of carbonyl (C=O) groups is 1. The fourth-order valence-electron chi connectivity index (χ4n) is 1.40. The first-order valence-corrected chi connectivity index (χ1v) is 5.00. The van der Waals surface area contributed by atoms with Gasteiger partial charge in [-0.3, -0.25) is 4.79 Å². The third-order valence-corrected chi connectivity index (χ3v) is 3.44. The summed E-state index contributed by atoms with van der Waals surface area (Å²) in [6, 6.07) is 0. The van der Waals surface area contributed by atoms with Gasteiger partial charge in [0.25, 0.3) is 0 Å².